The Labute approximate surface area is 105 Å². The Morgan fingerprint density at radius 3 is 3.06 bits per heavy atom. The van der Waals surface area contributed by atoms with E-state index in [0.29, 0.717) is 0 Å². The molecule has 0 amide bonds. The van der Waals surface area contributed by atoms with Crippen LogP contribution in [0.3, 0.4) is 0 Å². The normalized spacial score (nSPS) is 20.0. The molecule has 0 saturated carbocycles. The summed E-state index contributed by atoms with van der Waals surface area (Å²) in [6, 6.07) is 8.69. The zero-order valence-corrected chi connectivity index (χ0v) is 10.1. The number of benzene rings is 1. The van der Waals surface area contributed by atoms with Gasteiger partial charge in [-0.05, 0) is 35.8 Å². The minimum Gasteiger partial charge on any atom is -0.323 e. The molecule has 0 spiro atoms. The maximum Gasteiger partial charge on any atom is 0.0630 e. The van der Waals surface area contributed by atoms with Gasteiger partial charge < -0.3 is 4.90 Å². The smallest absolute Gasteiger partial charge is 0.0630 e. The molecule has 0 bridgehead atoms. The highest BCUT2D eigenvalue weighted by Gasteiger charge is 2.27. The minimum atomic E-state index is 1.04. The zero-order valence-electron chi connectivity index (χ0n) is 9.26. The van der Waals surface area contributed by atoms with Crippen LogP contribution in [0.4, 0.5) is 0 Å². The van der Waals surface area contributed by atoms with Crippen molar-refractivity contribution in [2.45, 2.75) is 11.3 Å². The Morgan fingerprint density at radius 2 is 2.06 bits per heavy atom. The second-order valence-corrected chi connectivity index (χ2v) is 5.38. The minimum absolute atomic E-state index is 1.04. The molecule has 0 radical (unpaired) electrons. The fourth-order valence-corrected chi connectivity index (χ4v) is 3.71. The van der Waals surface area contributed by atoms with Crippen LogP contribution in [-0.4, -0.2) is 4.90 Å². The van der Waals surface area contributed by atoms with Crippen LogP contribution in [0, 0.1) is 0 Å². The molecule has 3 aliphatic heterocycles. The molecule has 3 heterocycles. The lowest BCUT2D eigenvalue weighted by Gasteiger charge is -2.34. The average molecular weight is 237 g/mol. The van der Waals surface area contributed by atoms with Gasteiger partial charge in [-0.3, -0.25) is 0 Å². The van der Waals surface area contributed by atoms with Crippen LogP contribution in [0.25, 0.3) is 5.57 Å². The number of allylic oxidation sites excluding steroid dienone is 4. The third-order valence-electron chi connectivity index (χ3n) is 3.29. The van der Waals surface area contributed by atoms with Crippen LogP contribution >= 0.6 is 11.8 Å². The molecule has 1 aromatic carbocycles. The molecule has 1 nitrogen and oxygen atoms in total. The number of nitrogens with zero attached hydrogens (tertiary/aromatic N) is 1. The van der Waals surface area contributed by atoms with Crippen molar-refractivity contribution in [1.82, 2.24) is 4.90 Å². The van der Waals surface area contributed by atoms with E-state index in [9.17, 15) is 0 Å². The van der Waals surface area contributed by atoms with E-state index in [1.165, 1.54) is 26.6 Å². The van der Waals surface area contributed by atoms with Gasteiger partial charge in [-0.2, -0.15) is 0 Å². The van der Waals surface area contributed by atoms with E-state index in [2.05, 4.69) is 59.8 Å². The van der Waals surface area contributed by atoms with Gasteiger partial charge in [0, 0.05) is 22.2 Å². The summed E-state index contributed by atoms with van der Waals surface area (Å²) >= 11 is 1.87. The third kappa shape index (κ3) is 1.28. The van der Waals surface area contributed by atoms with Crippen LogP contribution in [0.1, 0.15) is 12.0 Å². The monoisotopic (exact) mass is 237 g/mol. The molecule has 17 heavy (non-hydrogen) atoms. The van der Waals surface area contributed by atoms with Crippen molar-refractivity contribution in [3.05, 3.63) is 71.1 Å². The summed E-state index contributed by atoms with van der Waals surface area (Å²) in [7, 11) is 0. The lowest BCUT2D eigenvalue weighted by molar-refractivity contribution is 0.630. The molecular weight excluding hydrogens is 226 g/mol. The molecule has 0 fully saturated rings. The summed E-state index contributed by atoms with van der Waals surface area (Å²) in [6.45, 7) is 0. The van der Waals surface area contributed by atoms with Crippen LogP contribution in [-0.2, 0) is 0 Å². The highest BCUT2D eigenvalue weighted by Crippen LogP contribution is 2.49. The van der Waals surface area contributed by atoms with E-state index < -0.39 is 0 Å². The predicted molar refractivity (Wildman–Crippen MR) is 72.0 cm³/mol. The first kappa shape index (κ1) is 9.37. The molecule has 0 N–H and O–H groups in total. The van der Waals surface area contributed by atoms with Gasteiger partial charge in [-0.1, -0.05) is 36.0 Å². The maximum atomic E-state index is 2.24. The summed E-state index contributed by atoms with van der Waals surface area (Å²) in [5.74, 6) is 0. The van der Waals surface area contributed by atoms with Gasteiger partial charge in [-0.15, -0.1) is 0 Å². The highest BCUT2D eigenvalue weighted by atomic mass is 32.2. The Balaban J connectivity index is 2.01. The van der Waals surface area contributed by atoms with E-state index in [1.807, 2.05) is 11.8 Å². The number of hydrogen-bond donors (Lipinski definition) is 0. The second-order valence-electron chi connectivity index (χ2n) is 4.29. The predicted octanol–water partition coefficient (Wildman–Crippen LogP) is 4.13. The Hall–Kier alpha value is -1.67. The summed E-state index contributed by atoms with van der Waals surface area (Å²) in [4.78, 5) is 4.98. The van der Waals surface area contributed by atoms with Crippen LogP contribution in [0.2, 0.25) is 0 Å². The van der Waals surface area contributed by atoms with Gasteiger partial charge in [0.2, 0.25) is 0 Å². The molecule has 3 aliphatic rings. The van der Waals surface area contributed by atoms with Gasteiger partial charge in [0.1, 0.15) is 0 Å². The van der Waals surface area contributed by atoms with Crippen LogP contribution in [0.5, 0.6) is 0 Å². The van der Waals surface area contributed by atoms with Gasteiger partial charge in [-0.25, -0.2) is 0 Å². The molecule has 0 atom stereocenters. The standard InChI is InChI=1S/C15H11NS/c1-2-7-13-11(5-1)12-6-3-9-16-10-4-8-14(17-13)15(12)16/h1-5,7-10H,6H2. The zero-order chi connectivity index (χ0) is 11.2. The van der Waals surface area contributed by atoms with Crippen molar-refractivity contribution in [1.29, 1.82) is 0 Å². The molecule has 0 aromatic heterocycles. The van der Waals surface area contributed by atoms with E-state index in [-0.39, 0.29) is 0 Å². The molecule has 0 unspecified atom stereocenters. The second kappa shape index (κ2) is 3.41. The van der Waals surface area contributed by atoms with Crippen LogP contribution < -0.4 is 0 Å². The molecule has 0 saturated heterocycles. The highest BCUT2D eigenvalue weighted by molar-refractivity contribution is 8.03. The van der Waals surface area contributed by atoms with Crippen molar-refractivity contribution in [3.8, 4) is 0 Å². The molecule has 1 aromatic rings. The van der Waals surface area contributed by atoms with Crippen molar-refractivity contribution >= 4 is 17.3 Å². The van der Waals surface area contributed by atoms with Crippen molar-refractivity contribution in [2.24, 2.45) is 0 Å². The first-order valence-corrected chi connectivity index (χ1v) is 6.59. The average Bonchev–Trinajstić information content (AvgIpc) is 2.39. The van der Waals surface area contributed by atoms with E-state index in [0.717, 1.165) is 6.42 Å². The molecule has 2 heteroatoms. The molecule has 4 rings (SSSR count). The van der Waals surface area contributed by atoms with Gasteiger partial charge in [0.15, 0.2) is 0 Å². The summed E-state index contributed by atoms with van der Waals surface area (Å²) < 4.78 is 0. The quantitative estimate of drug-likeness (QED) is 0.667. The van der Waals surface area contributed by atoms with Crippen LogP contribution in [0.15, 0.2) is 70.4 Å². The number of fused-ring (bicyclic) bond motifs is 2. The fraction of sp³-hybridized carbons (Fsp3) is 0.0667. The fourth-order valence-electron chi connectivity index (χ4n) is 2.56. The number of rotatable bonds is 0. The first-order valence-electron chi connectivity index (χ1n) is 5.78. The number of thioether (sulfide) groups is 1. The van der Waals surface area contributed by atoms with Crippen molar-refractivity contribution in [2.75, 3.05) is 0 Å². The lowest BCUT2D eigenvalue weighted by atomic mass is 9.96. The lowest BCUT2D eigenvalue weighted by Crippen LogP contribution is -2.19. The van der Waals surface area contributed by atoms with E-state index in [1.54, 1.807) is 0 Å². The summed E-state index contributed by atoms with van der Waals surface area (Å²) in [6.07, 6.45) is 11.9. The molecule has 0 aliphatic carbocycles. The van der Waals surface area contributed by atoms with Gasteiger partial charge in [0.05, 0.1) is 5.70 Å². The maximum absolute atomic E-state index is 2.24. The third-order valence-corrected chi connectivity index (χ3v) is 4.42. The SMILES string of the molecule is C1=CN2C=CCC3=C2C(=C1)Sc1ccccc13. The Kier molecular flexibility index (Phi) is 1.88. The largest absolute Gasteiger partial charge is 0.323 e. The summed E-state index contributed by atoms with van der Waals surface area (Å²) in [5.41, 5.74) is 4.23. The van der Waals surface area contributed by atoms with E-state index >= 15 is 0 Å². The molecule has 82 valence electrons. The van der Waals surface area contributed by atoms with E-state index in [4.69, 9.17) is 0 Å². The summed E-state index contributed by atoms with van der Waals surface area (Å²) in [5, 5.41) is 0. The Morgan fingerprint density at radius 1 is 1.12 bits per heavy atom. The topological polar surface area (TPSA) is 3.24 Å². The number of hydrogen-bond acceptors (Lipinski definition) is 2. The first-order chi connectivity index (χ1) is 8.43. The van der Waals surface area contributed by atoms with Gasteiger partial charge >= 0.3 is 0 Å². The van der Waals surface area contributed by atoms with Crippen molar-refractivity contribution < 1.29 is 0 Å². The van der Waals surface area contributed by atoms with Crippen molar-refractivity contribution in [3.63, 3.8) is 0 Å². The molecular formula is C15H11NS. The Bertz CT molecular complexity index is 620. The van der Waals surface area contributed by atoms with Gasteiger partial charge in [0.25, 0.3) is 0 Å².